The number of benzene rings is 2. The maximum absolute atomic E-state index is 12.0. The Kier molecular flexibility index (Phi) is 8.32. The van der Waals surface area contributed by atoms with Crippen LogP contribution in [0, 0.1) is 0 Å². The molecule has 3 amide bonds. The summed E-state index contributed by atoms with van der Waals surface area (Å²) in [5.74, 6) is 0.706. The van der Waals surface area contributed by atoms with Crippen molar-refractivity contribution >= 4 is 18.2 Å². The van der Waals surface area contributed by atoms with E-state index in [4.69, 9.17) is 15.2 Å². The van der Waals surface area contributed by atoms with Gasteiger partial charge >= 0.3 is 6.03 Å². The van der Waals surface area contributed by atoms with Crippen molar-refractivity contribution in [3.05, 3.63) is 59.7 Å². The lowest BCUT2D eigenvalue weighted by atomic mass is 10.1. The molecule has 8 heteroatoms. The summed E-state index contributed by atoms with van der Waals surface area (Å²) in [7, 11) is 0. The van der Waals surface area contributed by atoms with Crippen LogP contribution < -0.4 is 25.9 Å². The van der Waals surface area contributed by atoms with Crippen molar-refractivity contribution in [3.63, 3.8) is 0 Å². The van der Waals surface area contributed by atoms with Crippen molar-refractivity contribution in [2.45, 2.75) is 13.3 Å². The van der Waals surface area contributed by atoms with E-state index in [1.54, 1.807) is 18.2 Å². The molecule has 2 aromatic rings. The summed E-state index contributed by atoms with van der Waals surface area (Å²) in [4.78, 5) is 22.6. The quantitative estimate of drug-likeness (QED) is 0.428. The first-order valence-corrected chi connectivity index (χ1v) is 8.87. The van der Waals surface area contributed by atoms with Crippen molar-refractivity contribution in [1.82, 2.24) is 10.7 Å². The average molecular weight is 384 g/mol. The summed E-state index contributed by atoms with van der Waals surface area (Å²) in [6.07, 6.45) is 2.18. The maximum atomic E-state index is 12.0. The Morgan fingerprint density at radius 3 is 2.61 bits per heavy atom. The number of rotatable bonds is 10. The van der Waals surface area contributed by atoms with Crippen LogP contribution in [0.15, 0.2) is 53.6 Å². The van der Waals surface area contributed by atoms with Crippen molar-refractivity contribution in [2.24, 2.45) is 10.8 Å². The molecule has 2 rings (SSSR count). The van der Waals surface area contributed by atoms with Crippen molar-refractivity contribution in [2.75, 3.05) is 19.8 Å². The molecule has 0 saturated carbocycles. The summed E-state index contributed by atoms with van der Waals surface area (Å²) in [6.45, 7) is 2.69. The zero-order chi connectivity index (χ0) is 20.2. The van der Waals surface area contributed by atoms with E-state index < -0.39 is 6.03 Å². The van der Waals surface area contributed by atoms with Gasteiger partial charge in [0.25, 0.3) is 5.91 Å². The molecule has 0 aliphatic heterocycles. The fraction of sp³-hybridized carbons (Fsp3) is 0.250. The first kappa shape index (κ1) is 20.8. The molecule has 0 unspecified atom stereocenters. The third kappa shape index (κ3) is 7.36. The highest BCUT2D eigenvalue weighted by Crippen LogP contribution is 2.28. The maximum Gasteiger partial charge on any atom is 0.332 e. The molecule has 0 bridgehead atoms. The van der Waals surface area contributed by atoms with Crippen LogP contribution >= 0.6 is 0 Å². The van der Waals surface area contributed by atoms with E-state index in [9.17, 15) is 9.59 Å². The molecule has 0 atom stereocenters. The molecule has 0 heterocycles. The molecular weight excluding hydrogens is 360 g/mol. The van der Waals surface area contributed by atoms with E-state index >= 15 is 0 Å². The Labute approximate surface area is 163 Å². The topological polar surface area (TPSA) is 115 Å². The van der Waals surface area contributed by atoms with Crippen LogP contribution in [0.4, 0.5) is 4.79 Å². The first-order valence-electron chi connectivity index (χ1n) is 8.87. The van der Waals surface area contributed by atoms with Crippen LogP contribution in [0.3, 0.4) is 0 Å². The number of amides is 3. The number of nitrogens with one attached hydrogen (secondary N) is 2. The lowest BCUT2D eigenvalue weighted by molar-refractivity contribution is -0.123. The molecular formula is C20H24N4O4. The highest BCUT2D eigenvalue weighted by Gasteiger charge is 2.09. The normalized spacial score (nSPS) is 10.5. The minimum absolute atomic E-state index is 0.120. The monoisotopic (exact) mass is 384 g/mol. The molecule has 0 aromatic heterocycles. The highest BCUT2D eigenvalue weighted by molar-refractivity contribution is 5.82. The third-order valence-electron chi connectivity index (χ3n) is 3.59. The van der Waals surface area contributed by atoms with Crippen LogP contribution in [0.2, 0.25) is 0 Å². The number of hydrogen-bond acceptors (Lipinski definition) is 5. The van der Waals surface area contributed by atoms with Gasteiger partial charge in [-0.2, -0.15) is 5.10 Å². The molecule has 8 nitrogen and oxygen atoms in total. The SMILES string of the molecule is CCOc1cc(/C=N\NC(N)=O)ccc1OCC(=O)NCCc1ccccc1. The van der Waals surface area contributed by atoms with Crippen LogP contribution in [0.1, 0.15) is 18.1 Å². The Bertz CT molecular complexity index is 809. The predicted octanol–water partition coefficient (Wildman–Crippen LogP) is 1.83. The second kappa shape index (κ2) is 11.2. The van der Waals surface area contributed by atoms with E-state index in [0.29, 0.717) is 30.2 Å². The van der Waals surface area contributed by atoms with Crippen LogP contribution in [-0.4, -0.2) is 37.9 Å². The molecule has 2 aromatic carbocycles. The fourth-order valence-electron chi connectivity index (χ4n) is 2.35. The zero-order valence-corrected chi connectivity index (χ0v) is 15.7. The lowest BCUT2D eigenvalue weighted by Crippen LogP contribution is -2.30. The second-order valence-electron chi connectivity index (χ2n) is 5.75. The summed E-state index contributed by atoms with van der Waals surface area (Å²) in [5.41, 5.74) is 8.90. The van der Waals surface area contributed by atoms with Gasteiger partial charge in [-0.15, -0.1) is 0 Å². The molecule has 0 fully saturated rings. The zero-order valence-electron chi connectivity index (χ0n) is 15.7. The van der Waals surface area contributed by atoms with E-state index in [1.807, 2.05) is 37.3 Å². The number of nitrogens with zero attached hydrogens (tertiary/aromatic N) is 1. The molecule has 0 saturated heterocycles. The van der Waals surface area contributed by atoms with Gasteiger partial charge in [0.05, 0.1) is 12.8 Å². The number of ether oxygens (including phenoxy) is 2. The summed E-state index contributed by atoms with van der Waals surface area (Å²) in [5, 5.41) is 6.52. The molecule has 0 aliphatic rings. The van der Waals surface area contributed by atoms with Gasteiger partial charge in [0.15, 0.2) is 18.1 Å². The van der Waals surface area contributed by atoms with Crippen molar-refractivity contribution in [3.8, 4) is 11.5 Å². The van der Waals surface area contributed by atoms with Gasteiger partial charge in [-0.05, 0) is 42.7 Å². The molecule has 0 aliphatic carbocycles. The van der Waals surface area contributed by atoms with Crippen molar-refractivity contribution < 1.29 is 19.1 Å². The van der Waals surface area contributed by atoms with Crippen molar-refractivity contribution in [1.29, 1.82) is 0 Å². The van der Waals surface area contributed by atoms with Gasteiger partial charge in [-0.3, -0.25) is 4.79 Å². The Morgan fingerprint density at radius 2 is 1.89 bits per heavy atom. The highest BCUT2D eigenvalue weighted by atomic mass is 16.5. The first-order chi connectivity index (χ1) is 13.6. The van der Waals surface area contributed by atoms with Gasteiger partial charge in [0.2, 0.25) is 0 Å². The standard InChI is InChI=1S/C20H24N4O4/c1-2-27-18-12-16(13-23-24-20(21)26)8-9-17(18)28-14-19(25)22-11-10-15-6-4-3-5-7-15/h3-9,12-13H,2,10-11,14H2,1H3,(H,22,25)(H3,21,24,26)/b23-13-. The van der Waals surface area contributed by atoms with Gasteiger partial charge in [0, 0.05) is 6.54 Å². The van der Waals surface area contributed by atoms with Crippen LogP contribution in [0.25, 0.3) is 0 Å². The summed E-state index contributed by atoms with van der Waals surface area (Å²) >= 11 is 0. The summed E-state index contributed by atoms with van der Waals surface area (Å²) in [6, 6.07) is 14.3. The minimum Gasteiger partial charge on any atom is -0.490 e. The Hall–Kier alpha value is -3.55. The van der Waals surface area contributed by atoms with E-state index in [1.165, 1.54) is 6.21 Å². The second-order valence-corrected chi connectivity index (χ2v) is 5.75. The largest absolute Gasteiger partial charge is 0.490 e. The third-order valence-corrected chi connectivity index (χ3v) is 3.59. The molecule has 4 N–H and O–H groups in total. The van der Waals surface area contributed by atoms with Gasteiger partial charge < -0.3 is 20.5 Å². The predicted molar refractivity (Wildman–Crippen MR) is 107 cm³/mol. The number of urea groups is 1. The Balaban J connectivity index is 1.86. The number of primary amides is 1. The van der Waals surface area contributed by atoms with Gasteiger partial charge in [0.1, 0.15) is 0 Å². The van der Waals surface area contributed by atoms with Crippen LogP contribution in [0.5, 0.6) is 11.5 Å². The number of carbonyl (C=O) groups excluding carboxylic acids is 2. The van der Waals surface area contributed by atoms with E-state index in [2.05, 4.69) is 15.8 Å². The van der Waals surface area contributed by atoms with Gasteiger partial charge in [-0.25, -0.2) is 10.2 Å². The number of carbonyl (C=O) groups is 2. The molecule has 148 valence electrons. The smallest absolute Gasteiger partial charge is 0.332 e. The van der Waals surface area contributed by atoms with Crippen LogP contribution in [-0.2, 0) is 11.2 Å². The Morgan fingerprint density at radius 1 is 1.11 bits per heavy atom. The summed E-state index contributed by atoms with van der Waals surface area (Å²) < 4.78 is 11.1. The number of nitrogens with two attached hydrogens (primary N) is 1. The molecule has 0 radical (unpaired) electrons. The number of hydrazone groups is 1. The minimum atomic E-state index is -0.750. The molecule has 28 heavy (non-hydrogen) atoms. The molecule has 0 spiro atoms. The van der Waals surface area contributed by atoms with Gasteiger partial charge in [-0.1, -0.05) is 30.3 Å². The lowest BCUT2D eigenvalue weighted by Gasteiger charge is -2.12. The van der Waals surface area contributed by atoms with E-state index in [-0.39, 0.29) is 12.5 Å². The average Bonchev–Trinajstić information content (AvgIpc) is 2.68. The number of hydrogen-bond donors (Lipinski definition) is 3. The fourth-order valence-corrected chi connectivity index (χ4v) is 2.35. The van der Waals surface area contributed by atoms with E-state index in [0.717, 1.165) is 12.0 Å².